The van der Waals surface area contributed by atoms with Gasteiger partial charge < -0.3 is 9.73 Å². The number of benzene rings is 1. The molecular weight excluding hydrogens is 346 g/mol. The average Bonchev–Trinajstić information content (AvgIpc) is 3.12. The van der Waals surface area contributed by atoms with Crippen LogP contribution < -0.4 is 10.5 Å². The molecule has 0 aliphatic heterocycles. The maximum absolute atomic E-state index is 12.1. The van der Waals surface area contributed by atoms with Crippen LogP contribution in [-0.2, 0) is 21.4 Å². The number of carbonyl (C=O) groups is 1. The smallest absolute Gasteiger partial charge is 0.246 e. The molecule has 1 amide bonds. The van der Waals surface area contributed by atoms with E-state index in [0.717, 1.165) is 6.20 Å². The number of carbonyl (C=O) groups excluding carboxylic acids is 1. The monoisotopic (exact) mass is 363 g/mol. The minimum absolute atomic E-state index is 0.148. The van der Waals surface area contributed by atoms with E-state index < -0.39 is 10.0 Å². The first-order valence-corrected chi connectivity index (χ1v) is 9.02. The van der Waals surface area contributed by atoms with Gasteiger partial charge in [-0.05, 0) is 18.2 Å². The minimum atomic E-state index is -3.84. The number of nitrogens with one attached hydrogen (secondary N) is 1. The molecule has 3 aromatic rings. The highest BCUT2D eigenvalue weighted by molar-refractivity contribution is 7.89. The maximum Gasteiger partial charge on any atom is 0.246 e. The molecule has 0 saturated carbocycles. The Bertz CT molecular complexity index is 1040. The van der Waals surface area contributed by atoms with E-state index >= 15 is 0 Å². The van der Waals surface area contributed by atoms with Gasteiger partial charge in [-0.3, -0.25) is 9.48 Å². The highest BCUT2D eigenvalue weighted by atomic mass is 32.2. The Morgan fingerprint density at radius 3 is 2.80 bits per heavy atom. The zero-order valence-electron chi connectivity index (χ0n) is 13.6. The second-order valence-corrected chi connectivity index (χ2v) is 7.42. The van der Waals surface area contributed by atoms with E-state index in [4.69, 9.17) is 9.56 Å². The summed E-state index contributed by atoms with van der Waals surface area (Å²) < 4.78 is 29.2. The van der Waals surface area contributed by atoms with Gasteiger partial charge in [-0.1, -0.05) is 13.8 Å². The summed E-state index contributed by atoms with van der Waals surface area (Å²) in [5, 5.41) is 11.5. The van der Waals surface area contributed by atoms with Crippen LogP contribution in [0.2, 0.25) is 0 Å². The van der Waals surface area contributed by atoms with Gasteiger partial charge in [-0.25, -0.2) is 18.5 Å². The molecule has 1 aromatic carbocycles. The van der Waals surface area contributed by atoms with Crippen molar-refractivity contribution >= 4 is 32.7 Å². The van der Waals surface area contributed by atoms with Crippen molar-refractivity contribution in [3.63, 3.8) is 0 Å². The third-order valence-electron chi connectivity index (χ3n) is 3.43. The van der Waals surface area contributed by atoms with Crippen LogP contribution >= 0.6 is 0 Å². The van der Waals surface area contributed by atoms with E-state index in [0.29, 0.717) is 22.7 Å². The molecule has 0 aliphatic carbocycles. The number of amides is 1. The van der Waals surface area contributed by atoms with Gasteiger partial charge in [0.15, 0.2) is 11.5 Å². The van der Waals surface area contributed by atoms with Crippen molar-refractivity contribution in [3.05, 3.63) is 36.5 Å². The number of primary sulfonamides is 1. The van der Waals surface area contributed by atoms with E-state index in [2.05, 4.69) is 15.4 Å². The topological polar surface area (TPSA) is 133 Å². The number of hydrogen-bond donors (Lipinski definition) is 2. The Labute approximate surface area is 143 Å². The number of aromatic nitrogens is 3. The van der Waals surface area contributed by atoms with E-state index in [9.17, 15) is 13.2 Å². The second-order valence-electron chi connectivity index (χ2n) is 5.86. The van der Waals surface area contributed by atoms with Crippen LogP contribution in [0.25, 0.3) is 11.1 Å². The van der Waals surface area contributed by atoms with Gasteiger partial charge in [0.1, 0.15) is 17.0 Å². The first kappa shape index (κ1) is 17.1. The fraction of sp³-hybridized carbons (Fsp3) is 0.267. The Kier molecular flexibility index (Phi) is 4.31. The summed E-state index contributed by atoms with van der Waals surface area (Å²) >= 11 is 0. The molecular formula is C15H17N5O4S. The Morgan fingerprint density at radius 2 is 2.16 bits per heavy atom. The van der Waals surface area contributed by atoms with Crippen molar-refractivity contribution in [3.8, 4) is 0 Å². The van der Waals surface area contributed by atoms with Gasteiger partial charge in [-0.2, -0.15) is 5.10 Å². The number of rotatable bonds is 5. The van der Waals surface area contributed by atoms with Crippen LogP contribution in [0.4, 0.5) is 5.69 Å². The van der Waals surface area contributed by atoms with E-state index in [1.165, 1.54) is 10.9 Å². The van der Waals surface area contributed by atoms with Crippen molar-refractivity contribution in [1.82, 2.24) is 14.8 Å². The second kappa shape index (κ2) is 6.30. The molecule has 3 N–H and O–H groups in total. The predicted octanol–water partition coefficient (Wildman–Crippen LogP) is 1.43. The lowest BCUT2D eigenvalue weighted by atomic mass is 10.2. The van der Waals surface area contributed by atoms with Crippen LogP contribution in [-0.4, -0.2) is 29.1 Å². The summed E-state index contributed by atoms with van der Waals surface area (Å²) in [6, 6.07) is 5.15. The third kappa shape index (κ3) is 3.86. The third-order valence-corrected chi connectivity index (χ3v) is 4.29. The molecule has 132 valence electrons. The zero-order chi connectivity index (χ0) is 18.2. The standard InChI is InChI=1S/C15H17N5O4S/c1-9(2)15-19-12-5-10(3-4-13(12)24-15)18-14(21)8-20-7-11(6-17-20)25(16,22)23/h3-7,9H,8H2,1-2H3,(H,18,21)(H2,16,22,23). The first-order valence-electron chi connectivity index (χ1n) is 7.48. The molecule has 2 aromatic heterocycles. The molecule has 0 fully saturated rings. The minimum Gasteiger partial charge on any atom is -0.440 e. The molecule has 0 spiro atoms. The largest absolute Gasteiger partial charge is 0.440 e. The first-order chi connectivity index (χ1) is 11.7. The molecule has 9 nitrogen and oxygen atoms in total. The molecule has 0 radical (unpaired) electrons. The molecule has 0 atom stereocenters. The summed E-state index contributed by atoms with van der Waals surface area (Å²) in [5.74, 6) is 0.430. The van der Waals surface area contributed by atoms with Gasteiger partial charge in [0.2, 0.25) is 15.9 Å². The van der Waals surface area contributed by atoms with Crippen LogP contribution in [0, 0.1) is 0 Å². The number of anilines is 1. The van der Waals surface area contributed by atoms with Crippen LogP contribution in [0.5, 0.6) is 0 Å². The molecule has 0 unspecified atom stereocenters. The van der Waals surface area contributed by atoms with Gasteiger partial charge >= 0.3 is 0 Å². The predicted molar refractivity (Wildman–Crippen MR) is 90.3 cm³/mol. The van der Waals surface area contributed by atoms with Gasteiger partial charge in [0, 0.05) is 17.8 Å². The van der Waals surface area contributed by atoms with E-state index in [1.807, 2.05) is 13.8 Å². The summed E-state index contributed by atoms with van der Waals surface area (Å²) in [7, 11) is -3.84. The summed E-state index contributed by atoms with van der Waals surface area (Å²) in [6.07, 6.45) is 2.29. The Hall–Kier alpha value is -2.72. The number of oxazole rings is 1. The molecule has 10 heteroatoms. The van der Waals surface area contributed by atoms with Crippen LogP contribution in [0.1, 0.15) is 25.7 Å². The number of fused-ring (bicyclic) bond motifs is 1. The van der Waals surface area contributed by atoms with Crippen molar-refractivity contribution in [2.24, 2.45) is 5.14 Å². The molecule has 0 aliphatic rings. The van der Waals surface area contributed by atoms with Crippen LogP contribution in [0.15, 0.2) is 39.9 Å². The van der Waals surface area contributed by atoms with Crippen molar-refractivity contribution in [2.45, 2.75) is 31.2 Å². The normalized spacial score (nSPS) is 12.0. The molecule has 0 bridgehead atoms. The van der Waals surface area contributed by atoms with Crippen molar-refractivity contribution in [1.29, 1.82) is 0 Å². The molecule has 25 heavy (non-hydrogen) atoms. The summed E-state index contributed by atoms with van der Waals surface area (Å²) in [4.78, 5) is 16.3. The summed E-state index contributed by atoms with van der Waals surface area (Å²) in [5.41, 5.74) is 1.85. The van der Waals surface area contributed by atoms with Crippen molar-refractivity contribution in [2.75, 3.05) is 5.32 Å². The van der Waals surface area contributed by atoms with E-state index in [1.54, 1.807) is 18.2 Å². The average molecular weight is 363 g/mol. The number of nitrogens with two attached hydrogens (primary N) is 1. The van der Waals surface area contributed by atoms with Crippen LogP contribution in [0.3, 0.4) is 0 Å². The Balaban J connectivity index is 1.72. The fourth-order valence-corrected chi connectivity index (χ4v) is 2.66. The van der Waals surface area contributed by atoms with Gasteiger partial charge in [0.05, 0.1) is 6.20 Å². The van der Waals surface area contributed by atoms with Gasteiger partial charge in [0.25, 0.3) is 0 Å². The van der Waals surface area contributed by atoms with Gasteiger partial charge in [-0.15, -0.1) is 0 Å². The number of nitrogens with zero attached hydrogens (tertiary/aromatic N) is 3. The molecule has 0 saturated heterocycles. The molecule has 2 heterocycles. The Morgan fingerprint density at radius 1 is 1.40 bits per heavy atom. The zero-order valence-corrected chi connectivity index (χ0v) is 14.4. The highest BCUT2D eigenvalue weighted by Gasteiger charge is 2.13. The number of hydrogen-bond acceptors (Lipinski definition) is 6. The summed E-state index contributed by atoms with van der Waals surface area (Å²) in [6.45, 7) is 3.81. The lowest BCUT2D eigenvalue weighted by Gasteiger charge is -2.05. The van der Waals surface area contributed by atoms with E-state index in [-0.39, 0.29) is 23.3 Å². The van der Waals surface area contributed by atoms with Crippen molar-refractivity contribution < 1.29 is 17.6 Å². The number of sulfonamides is 1. The fourth-order valence-electron chi connectivity index (χ4n) is 2.20. The molecule has 3 rings (SSSR count). The quantitative estimate of drug-likeness (QED) is 0.704. The SMILES string of the molecule is CC(C)c1nc2cc(NC(=O)Cn3cc(S(N)(=O)=O)cn3)ccc2o1. The maximum atomic E-state index is 12.1. The lowest BCUT2D eigenvalue weighted by Crippen LogP contribution is -2.19. The highest BCUT2D eigenvalue weighted by Crippen LogP contribution is 2.23. The lowest BCUT2D eigenvalue weighted by molar-refractivity contribution is -0.116.